The summed E-state index contributed by atoms with van der Waals surface area (Å²) in [6, 6.07) is 1.70. The number of hydrogen-bond donors (Lipinski definition) is 1. The molecule has 0 amide bonds. The van der Waals surface area contributed by atoms with Crippen molar-refractivity contribution in [2.24, 2.45) is 0 Å². The molecule has 2 heterocycles. The molecular weight excluding hydrogens is 180 g/mol. The Morgan fingerprint density at radius 1 is 1.43 bits per heavy atom. The molecule has 5 nitrogen and oxygen atoms in total. The van der Waals surface area contributed by atoms with Gasteiger partial charge >= 0.3 is 0 Å². The van der Waals surface area contributed by atoms with Crippen molar-refractivity contribution in [1.82, 2.24) is 14.9 Å². The third kappa shape index (κ3) is 2.40. The minimum absolute atomic E-state index is 0.531. The predicted octanol–water partition coefficient (Wildman–Crippen LogP) is -0.109. The van der Waals surface area contributed by atoms with Crippen LogP contribution in [-0.2, 0) is 11.3 Å². The van der Waals surface area contributed by atoms with Gasteiger partial charge in [0, 0.05) is 19.3 Å². The molecule has 1 aromatic heterocycles. The molecule has 76 valence electrons. The van der Waals surface area contributed by atoms with Crippen LogP contribution in [0.5, 0.6) is 0 Å². The highest BCUT2D eigenvalue weighted by molar-refractivity contribution is 5.24. The van der Waals surface area contributed by atoms with Crippen LogP contribution in [-0.4, -0.2) is 41.2 Å². The van der Waals surface area contributed by atoms with Crippen molar-refractivity contribution in [3.05, 3.63) is 18.1 Å². The second-order valence-corrected chi connectivity index (χ2v) is 3.29. The van der Waals surface area contributed by atoms with Gasteiger partial charge in [0.1, 0.15) is 11.6 Å². The monoisotopic (exact) mass is 194 g/mol. The van der Waals surface area contributed by atoms with Crippen molar-refractivity contribution < 1.29 is 4.74 Å². The zero-order chi connectivity index (χ0) is 9.80. The summed E-state index contributed by atoms with van der Waals surface area (Å²) in [5.41, 5.74) is 5.57. The van der Waals surface area contributed by atoms with Crippen LogP contribution in [0.3, 0.4) is 0 Å². The van der Waals surface area contributed by atoms with Gasteiger partial charge < -0.3 is 10.5 Å². The van der Waals surface area contributed by atoms with E-state index in [2.05, 4.69) is 14.9 Å². The van der Waals surface area contributed by atoms with E-state index in [9.17, 15) is 0 Å². The largest absolute Gasteiger partial charge is 0.384 e. The van der Waals surface area contributed by atoms with E-state index in [0.717, 1.165) is 38.7 Å². The number of morpholine rings is 1. The molecule has 0 saturated carbocycles. The predicted molar refractivity (Wildman–Crippen MR) is 52.5 cm³/mol. The Morgan fingerprint density at radius 3 is 2.93 bits per heavy atom. The summed E-state index contributed by atoms with van der Waals surface area (Å²) in [5.74, 6) is 1.31. The van der Waals surface area contributed by atoms with E-state index in [-0.39, 0.29) is 0 Å². The van der Waals surface area contributed by atoms with E-state index in [4.69, 9.17) is 10.5 Å². The average molecular weight is 194 g/mol. The average Bonchev–Trinajstić information content (AvgIpc) is 2.19. The van der Waals surface area contributed by atoms with Crippen LogP contribution in [0.4, 0.5) is 5.82 Å². The molecule has 1 fully saturated rings. The number of ether oxygens (including phenoxy) is 1. The van der Waals surface area contributed by atoms with E-state index in [1.165, 1.54) is 0 Å². The zero-order valence-corrected chi connectivity index (χ0v) is 8.02. The third-order valence-electron chi connectivity index (χ3n) is 2.20. The Kier molecular flexibility index (Phi) is 2.90. The van der Waals surface area contributed by atoms with Crippen LogP contribution < -0.4 is 5.73 Å². The molecule has 0 atom stereocenters. The van der Waals surface area contributed by atoms with Crippen LogP contribution in [0.15, 0.2) is 12.3 Å². The highest BCUT2D eigenvalue weighted by atomic mass is 16.5. The summed E-state index contributed by atoms with van der Waals surface area (Å²) in [7, 11) is 0. The Morgan fingerprint density at radius 2 is 2.21 bits per heavy atom. The van der Waals surface area contributed by atoms with Gasteiger partial charge in [-0.2, -0.15) is 0 Å². The summed E-state index contributed by atoms with van der Waals surface area (Å²) < 4.78 is 5.25. The molecule has 0 aromatic carbocycles. The molecule has 0 bridgehead atoms. The Labute approximate surface area is 82.9 Å². The van der Waals surface area contributed by atoms with Gasteiger partial charge in [-0.05, 0) is 6.07 Å². The molecule has 1 aromatic rings. The van der Waals surface area contributed by atoms with Crippen LogP contribution in [0, 0.1) is 0 Å². The SMILES string of the molecule is Nc1ccnc(CN2CCOCC2)n1. The molecule has 0 unspecified atom stereocenters. The maximum absolute atomic E-state index is 5.57. The maximum atomic E-state index is 5.57. The summed E-state index contributed by atoms with van der Waals surface area (Å²) >= 11 is 0. The highest BCUT2D eigenvalue weighted by Gasteiger charge is 2.11. The lowest BCUT2D eigenvalue weighted by molar-refractivity contribution is 0.0331. The van der Waals surface area contributed by atoms with E-state index in [0.29, 0.717) is 5.82 Å². The molecule has 2 N–H and O–H groups in total. The number of hydrogen-bond acceptors (Lipinski definition) is 5. The second-order valence-electron chi connectivity index (χ2n) is 3.29. The first kappa shape index (κ1) is 9.36. The topological polar surface area (TPSA) is 64.3 Å². The van der Waals surface area contributed by atoms with Crippen LogP contribution in [0.1, 0.15) is 5.82 Å². The van der Waals surface area contributed by atoms with Crippen molar-refractivity contribution in [3.8, 4) is 0 Å². The number of nitrogens with two attached hydrogens (primary N) is 1. The molecule has 0 aliphatic carbocycles. The van der Waals surface area contributed by atoms with Gasteiger partial charge in [-0.15, -0.1) is 0 Å². The van der Waals surface area contributed by atoms with E-state index >= 15 is 0 Å². The maximum Gasteiger partial charge on any atom is 0.144 e. The van der Waals surface area contributed by atoms with E-state index < -0.39 is 0 Å². The van der Waals surface area contributed by atoms with Gasteiger partial charge in [0.25, 0.3) is 0 Å². The minimum Gasteiger partial charge on any atom is -0.384 e. The van der Waals surface area contributed by atoms with Crippen molar-refractivity contribution in [2.45, 2.75) is 6.54 Å². The molecular formula is C9H14N4O. The van der Waals surface area contributed by atoms with Gasteiger partial charge in [0.05, 0.1) is 19.8 Å². The normalized spacial score (nSPS) is 18.3. The summed E-state index contributed by atoms with van der Waals surface area (Å²) in [5, 5.41) is 0. The lowest BCUT2D eigenvalue weighted by Gasteiger charge is -2.25. The molecule has 2 rings (SSSR count). The second kappa shape index (κ2) is 4.34. The fourth-order valence-electron chi connectivity index (χ4n) is 1.45. The Bertz CT molecular complexity index is 299. The first-order valence-corrected chi connectivity index (χ1v) is 4.72. The molecule has 1 saturated heterocycles. The van der Waals surface area contributed by atoms with Crippen molar-refractivity contribution in [1.29, 1.82) is 0 Å². The lowest BCUT2D eigenvalue weighted by atomic mass is 10.4. The molecule has 14 heavy (non-hydrogen) atoms. The van der Waals surface area contributed by atoms with Crippen molar-refractivity contribution in [2.75, 3.05) is 32.0 Å². The van der Waals surface area contributed by atoms with Gasteiger partial charge in [-0.3, -0.25) is 4.90 Å². The van der Waals surface area contributed by atoms with Gasteiger partial charge in [-0.25, -0.2) is 9.97 Å². The van der Waals surface area contributed by atoms with Crippen LogP contribution >= 0.6 is 0 Å². The van der Waals surface area contributed by atoms with Crippen molar-refractivity contribution in [3.63, 3.8) is 0 Å². The zero-order valence-electron chi connectivity index (χ0n) is 8.02. The fourth-order valence-corrected chi connectivity index (χ4v) is 1.45. The highest BCUT2D eigenvalue weighted by Crippen LogP contribution is 2.03. The summed E-state index contributed by atoms with van der Waals surface area (Å²) in [6.07, 6.45) is 1.69. The smallest absolute Gasteiger partial charge is 0.144 e. The van der Waals surface area contributed by atoms with Crippen molar-refractivity contribution >= 4 is 5.82 Å². The molecule has 0 spiro atoms. The Hall–Kier alpha value is -1.20. The van der Waals surface area contributed by atoms with Gasteiger partial charge in [0.15, 0.2) is 0 Å². The number of nitrogen functional groups attached to an aromatic ring is 1. The number of nitrogens with zero attached hydrogens (tertiary/aromatic N) is 3. The quantitative estimate of drug-likeness (QED) is 0.711. The molecule has 1 aliphatic heterocycles. The van der Waals surface area contributed by atoms with E-state index in [1.54, 1.807) is 12.3 Å². The minimum atomic E-state index is 0.531. The van der Waals surface area contributed by atoms with E-state index in [1.807, 2.05) is 0 Å². The molecule has 5 heteroatoms. The summed E-state index contributed by atoms with van der Waals surface area (Å²) in [6.45, 7) is 4.23. The summed E-state index contributed by atoms with van der Waals surface area (Å²) in [4.78, 5) is 10.6. The fraction of sp³-hybridized carbons (Fsp3) is 0.556. The number of anilines is 1. The van der Waals surface area contributed by atoms with Gasteiger partial charge in [-0.1, -0.05) is 0 Å². The number of rotatable bonds is 2. The Balaban J connectivity index is 1.95. The molecule has 1 aliphatic rings. The van der Waals surface area contributed by atoms with Gasteiger partial charge in [0.2, 0.25) is 0 Å². The standard InChI is InChI=1S/C9H14N4O/c10-8-1-2-11-9(12-8)7-13-3-5-14-6-4-13/h1-2H,3-7H2,(H2,10,11,12). The first-order valence-electron chi connectivity index (χ1n) is 4.72. The lowest BCUT2D eigenvalue weighted by Crippen LogP contribution is -2.36. The van der Waals surface area contributed by atoms with Crippen LogP contribution in [0.2, 0.25) is 0 Å². The number of aromatic nitrogens is 2. The third-order valence-corrected chi connectivity index (χ3v) is 2.20. The molecule has 0 radical (unpaired) electrons. The van der Waals surface area contributed by atoms with Crippen LogP contribution in [0.25, 0.3) is 0 Å². The first-order chi connectivity index (χ1) is 6.84.